The number of hydrogen-bond acceptors (Lipinski definition) is 1. The number of hydrogen-bond donors (Lipinski definition) is 1. The highest BCUT2D eigenvalue weighted by molar-refractivity contribution is 5.79. The van der Waals surface area contributed by atoms with Gasteiger partial charge in [-0.2, -0.15) is 0 Å². The Hall–Kier alpha value is -2.84. The topological polar surface area (TPSA) is 12.0 Å². The summed E-state index contributed by atoms with van der Waals surface area (Å²) in [4.78, 5) is 0. The second-order valence-corrected chi connectivity index (χ2v) is 8.19. The first-order valence-corrected chi connectivity index (χ1v) is 10.4. The van der Waals surface area contributed by atoms with Gasteiger partial charge in [0.2, 0.25) is 5.82 Å². The number of allylic oxidation sites excluding steroid dienone is 5. The molecule has 2 heteroatoms. The van der Waals surface area contributed by atoms with Crippen LogP contribution < -0.4 is 5.32 Å². The average Bonchev–Trinajstić information content (AvgIpc) is 2.73. The van der Waals surface area contributed by atoms with Crippen molar-refractivity contribution in [3.05, 3.63) is 113 Å². The Balaban J connectivity index is 1.99. The minimum absolute atomic E-state index is 0.667. The molecule has 29 heavy (non-hydrogen) atoms. The minimum Gasteiger partial charge on any atom is -0.337 e. The molecule has 1 aliphatic rings. The van der Waals surface area contributed by atoms with Crippen LogP contribution in [0.15, 0.2) is 90.4 Å². The molecular formula is C27H33N2+. The molecule has 0 unspecified atom stereocenters. The molecule has 0 radical (unpaired) electrons. The maximum Gasteiger partial charge on any atom is 0.206 e. The summed E-state index contributed by atoms with van der Waals surface area (Å²) < 4.78 is 0.667. The predicted octanol–water partition coefficient (Wildman–Crippen LogP) is 6.12. The number of rotatable bonds is 6. The lowest BCUT2D eigenvalue weighted by Gasteiger charge is -2.36. The normalized spacial score (nSPS) is 17.3. The third-order valence-electron chi connectivity index (χ3n) is 5.86. The van der Waals surface area contributed by atoms with Crippen molar-refractivity contribution in [2.75, 3.05) is 14.1 Å². The first kappa shape index (κ1) is 20.9. The van der Waals surface area contributed by atoms with Gasteiger partial charge in [0.15, 0.2) is 0 Å². The van der Waals surface area contributed by atoms with Crippen LogP contribution in [0.25, 0.3) is 5.57 Å². The van der Waals surface area contributed by atoms with Crippen LogP contribution in [0.2, 0.25) is 0 Å². The number of benzene rings is 2. The summed E-state index contributed by atoms with van der Waals surface area (Å²) in [5.41, 5.74) is 8.91. The molecule has 2 nitrogen and oxygen atoms in total. The molecule has 3 rings (SSSR count). The number of nitrogens with one attached hydrogen (secondary N) is 1. The van der Waals surface area contributed by atoms with Crippen molar-refractivity contribution in [2.45, 2.75) is 33.7 Å². The van der Waals surface area contributed by atoms with Crippen LogP contribution in [-0.2, 0) is 13.0 Å². The van der Waals surface area contributed by atoms with Gasteiger partial charge in [-0.1, -0.05) is 68.1 Å². The van der Waals surface area contributed by atoms with Crippen molar-refractivity contribution in [1.82, 2.24) is 5.32 Å². The van der Waals surface area contributed by atoms with E-state index in [0.717, 1.165) is 13.0 Å². The maximum absolute atomic E-state index is 4.01. The van der Waals surface area contributed by atoms with Crippen LogP contribution in [0.5, 0.6) is 0 Å². The quantitative estimate of drug-likeness (QED) is 0.591. The van der Waals surface area contributed by atoms with Crippen molar-refractivity contribution in [2.24, 2.45) is 0 Å². The van der Waals surface area contributed by atoms with Gasteiger partial charge in [-0.25, -0.2) is 4.48 Å². The molecule has 0 spiro atoms. The fourth-order valence-electron chi connectivity index (χ4n) is 3.83. The molecule has 0 bridgehead atoms. The van der Waals surface area contributed by atoms with Crippen LogP contribution in [0.4, 0.5) is 0 Å². The van der Waals surface area contributed by atoms with Crippen LogP contribution in [0.1, 0.15) is 36.1 Å². The van der Waals surface area contributed by atoms with E-state index in [9.17, 15) is 0 Å². The molecule has 2 aromatic rings. The Bertz CT molecular complexity index is 985. The second-order valence-electron chi connectivity index (χ2n) is 8.19. The Morgan fingerprint density at radius 2 is 1.66 bits per heavy atom. The van der Waals surface area contributed by atoms with Crippen molar-refractivity contribution in [3.8, 4) is 0 Å². The van der Waals surface area contributed by atoms with Crippen molar-refractivity contribution >= 4 is 5.57 Å². The highest BCUT2D eigenvalue weighted by Gasteiger charge is 2.32. The van der Waals surface area contributed by atoms with Crippen molar-refractivity contribution in [1.29, 1.82) is 0 Å². The molecular weight excluding hydrogens is 352 g/mol. The maximum atomic E-state index is 4.01. The summed E-state index contributed by atoms with van der Waals surface area (Å²) in [7, 11) is 4.46. The van der Waals surface area contributed by atoms with E-state index in [1.807, 2.05) is 6.08 Å². The highest BCUT2D eigenvalue weighted by atomic mass is 15.4. The molecule has 0 aromatic heterocycles. The summed E-state index contributed by atoms with van der Waals surface area (Å²) in [6, 6.07) is 17.5. The van der Waals surface area contributed by atoms with Gasteiger partial charge in [-0.15, -0.1) is 0 Å². The predicted molar refractivity (Wildman–Crippen MR) is 125 cm³/mol. The van der Waals surface area contributed by atoms with E-state index in [-0.39, 0.29) is 0 Å². The molecule has 0 fully saturated rings. The number of nitrogens with zero attached hydrogens (tertiary/aromatic N) is 1. The number of quaternary nitrogens is 1. The lowest BCUT2D eigenvalue weighted by molar-refractivity contribution is -0.814. The van der Waals surface area contributed by atoms with Gasteiger partial charge < -0.3 is 5.32 Å². The van der Waals surface area contributed by atoms with E-state index >= 15 is 0 Å². The highest BCUT2D eigenvalue weighted by Crippen LogP contribution is 2.34. The molecule has 2 aromatic carbocycles. The van der Waals surface area contributed by atoms with E-state index in [4.69, 9.17) is 0 Å². The smallest absolute Gasteiger partial charge is 0.206 e. The summed E-state index contributed by atoms with van der Waals surface area (Å²) in [6.45, 7) is 11.3. The van der Waals surface area contributed by atoms with E-state index in [0.29, 0.717) is 4.48 Å². The lowest BCUT2D eigenvalue weighted by atomic mass is 9.95. The van der Waals surface area contributed by atoms with Crippen molar-refractivity contribution in [3.63, 3.8) is 0 Å². The van der Waals surface area contributed by atoms with Gasteiger partial charge in [0.1, 0.15) is 5.70 Å². The van der Waals surface area contributed by atoms with Gasteiger partial charge in [0, 0.05) is 24.3 Å². The fraction of sp³-hybridized carbons (Fsp3) is 0.259. The molecule has 0 saturated carbocycles. The second kappa shape index (κ2) is 8.67. The van der Waals surface area contributed by atoms with Crippen molar-refractivity contribution < 1.29 is 4.48 Å². The Morgan fingerprint density at radius 1 is 1.00 bits per heavy atom. The third-order valence-corrected chi connectivity index (χ3v) is 5.86. The van der Waals surface area contributed by atoms with Crippen LogP contribution in [-0.4, -0.2) is 18.6 Å². The van der Waals surface area contributed by atoms with Gasteiger partial charge in [-0.05, 0) is 48.1 Å². The van der Waals surface area contributed by atoms with Crippen LogP contribution >= 0.6 is 0 Å². The van der Waals surface area contributed by atoms with Gasteiger partial charge in [0.05, 0.1) is 14.1 Å². The largest absolute Gasteiger partial charge is 0.337 e. The van der Waals surface area contributed by atoms with E-state index in [1.54, 1.807) is 0 Å². The van der Waals surface area contributed by atoms with E-state index in [2.05, 4.69) is 107 Å². The number of aryl methyl sites for hydroxylation is 2. The molecule has 0 aliphatic carbocycles. The minimum atomic E-state index is 0.667. The van der Waals surface area contributed by atoms with Gasteiger partial charge >= 0.3 is 0 Å². The molecule has 0 atom stereocenters. The van der Waals surface area contributed by atoms with E-state index in [1.165, 1.54) is 44.9 Å². The Morgan fingerprint density at radius 3 is 2.28 bits per heavy atom. The van der Waals surface area contributed by atoms with Crippen LogP contribution in [0.3, 0.4) is 0 Å². The molecule has 150 valence electrons. The zero-order chi connectivity index (χ0) is 21.0. The first-order chi connectivity index (χ1) is 13.9. The molecule has 1 aliphatic heterocycles. The number of likely N-dealkylation sites (N-methyl/N-ethyl adjacent to an activating group) is 1. The SMILES string of the molecule is C=C/C(C)=C1/C=C(c2ccccc2C)C=C(NCc2ccc(CC)cc2)[N+]1(C)C. The molecule has 0 amide bonds. The first-order valence-electron chi connectivity index (χ1n) is 10.4. The summed E-state index contributed by atoms with van der Waals surface area (Å²) in [5.74, 6) is 1.18. The summed E-state index contributed by atoms with van der Waals surface area (Å²) in [6.07, 6.45) is 7.62. The molecule has 0 saturated heterocycles. The Kier molecular flexibility index (Phi) is 6.24. The standard InChI is InChI=1S/C27H33N2/c1-7-20(3)26-17-24(25-12-10-9-11-21(25)4)18-27(29(26,5)6)28-19-23-15-13-22(8-2)14-16-23/h7,9-18,28H,1,8,19H2,2-6H3/q+1/b26-20-. The molecule has 1 N–H and O–H groups in total. The zero-order valence-electron chi connectivity index (χ0n) is 18.4. The lowest BCUT2D eigenvalue weighted by Crippen LogP contribution is -2.44. The summed E-state index contributed by atoms with van der Waals surface area (Å²) in [5, 5.41) is 3.72. The van der Waals surface area contributed by atoms with E-state index < -0.39 is 0 Å². The van der Waals surface area contributed by atoms with Crippen LogP contribution in [0, 0.1) is 6.92 Å². The summed E-state index contributed by atoms with van der Waals surface area (Å²) >= 11 is 0. The van der Waals surface area contributed by atoms with Gasteiger partial charge in [-0.3, -0.25) is 0 Å². The average molecular weight is 386 g/mol. The third kappa shape index (κ3) is 4.44. The zero-order valence-corrected chi connectivity index (χ0v) is 18.4. The molecule has 1 heterocycles. The Labute approximate surface area is 176 Å². The van der Waals surface area contributed by atoms with Gasteiger partial charge in [0.25, 0.3) is 0 Å². The monoisotopic (exact) mass is 385 g/mol. The fourth-order valence-corrected chi connectivity index (χ4v) is 3.83.